The molecule has 12 heteroatoms. The Bertz CT molecular complexity index is 1250. The minimum atomic E-state index is -0.586. The molecule has 0 aliphatic carbocycles. The van der Waals surface area contributed by atoms with Crippen LogP contribution in [0.25, 0.3) is 0 Å². The minimum Gasteiger partial charge on any atom is -0.462 e. The van der Waals surface area contributed by atoms with Crippen molar-refractivity contribution in [2.75, 3.05) is 35.2 Å². The van der Waals surface area contributed by atoms with Crippen LogP contribution in [0.5, 0.6) is 0 Å². The maximum Gasteiger partial charge on any atom is 0.338 e. The molecule has 0 radical (unpaired) electrons. The van der Waals surface area contributed by atoms with Gasteiger partial charge in [0, 0.05) is 42.3 Å². The zero-order chi connectivity index (χ0) is 26.8. The number of benzene rings is 3. The normalized spacial score (nSPS) is 10.2. The molecule has 3 N–H and O–H groups in total. The molecule has 0 atom stereocenters. The minimum absolute atomic E-state index is 0.0274. The molecule has 3 rings (SSSR count). The molecule has 0 heterocycles. The number of rotatable bonds is 9. The zero-order valence-electron chi connectivity index (χ0n) is 19.8. The van der Waals surface area contributed by atoms with Crippen molar-refractivity contribution in [2.24, 2.45) is 0 Å². The lowest BCUT2D eigenvalue weighted by Gasteiger charge is -2.23. The number of nitrogens with zero attached hydrogens (tertiary/aromatic N) is 2. The fraction of sp³-hybridized carbons (Fsp3) is 0.160. The van der Waals surface area contributed by atoms with Crippen LogP contribution in [0, 0.1) is 15.9 Å². The van der Waals surface area contributed by atoms with Crippen LogP contribution >= 0.6 is 0 Å². The maximum atomic E-state index is 13.4. The highest BCUT2D eigenvalue weighted by molar-refractivity contribution is 6.02. The van der Waals surface area contributed by atoms with Crippen molar-refractivity contribution >= 4 is 40.8 Å². The Morgan fingerprint density at radius 2 is 1.51 bits per heavy atom. The van der Waals surface area contributed by atoms with Crippen LogP contribution in [-0.2, 0) is 4.74 Å². The van der Waals surface area contributed by atoms with Crippen LogP contribution in [0.4, 0.5) is 36.7 Å². The number of hydrogen-bond donors (Lipinski definition) is 3. The summed E-state index contributed by atoms with van der Waals surface area (Å²) in [5, 5.41) is 18.7. The first-order valence-electron chi connectivity index (χ1n) is 11.2. The van der Waals surface area contributed by atoms with Gasteiger partial charge in [0.1, 0.15) is 5.82 Å². The Hall–Kier alpha value is -5.00. The average molecular weight is 509 g/mol. The van der Waals surface area contributed by atoms with Crippen LogP contribution in [-0.4, -0.2) is 42.7 Å². The summed E-state index contributed by atoms with van der Waals surface area (Å²) < 4.78 is 18.3. The summed E-state index contributed by atoms with van der Waals surface area (Å²) in [5.74, 6) is -0.947. The van der Waals surface area contributed by atoms with Crippen molar-refractivity contribution in [1.82, 2.24) is 5.32 Å². The van der Waals surface area contributed by atoms with Gasteiger partial charge in [-0.2, -0.15) is 0 Å². The van der Waals surface area contributed by atoms with E-state index in [0.717, 1.165) is 0 Å². The second-order valence-corrected chi connectivity index (χ2v) is 7.54. The number of carbonyl (C=O) groups is 3. The number of hydrogen-bond acceptors (Lipinski definition) is 6. The van der Waals surface area contributed by atoms with Gasteiger partial charge in [-0.25, -0.2) is 18.8 Å². The summed E-state index contributed by atoms with van der Waals surface area (Å²) in [4.78, 5) is 48.5. The number of halogens is 1. The third-order valence-electron chi connectivity index (χ3n) is 4.99. The Balaban J connectivity index is 1.60. The number of esters is 1. The topological polar surface area (TPSA) is 143 Å². The van der Waals surface area contributed by atoms with Gasteiger partial charge in [0.25, 0.3) is 5.69 Å². The largest absolute Gasteiger partial charge is 0.462 e. The second-order valence-electron chi connectivity index (χ2n) is 7.54. The van der Waals surface area contributed by atoms with Gasteiger partial charge in [-0.1, -0.05) is 0 Å². The van der Waals surface area contributed by atoms with E-state index in [2.05, 4.69) is 16.0 Å². The number of amides is 4. The molecule has 0 aliphatic rings. The van der Waals surface area contributed by atoms with Crippen LogP contribution in [0.3, 0.4) is 0 Å². The van der Waals surface area contributed by atoms with Gasteiger partial charge in [-0.15, -0.1) is 0 Å². The summed E-state index contributed by atoms with van der Waals surface area (Å²) in [6.07, 6.45) is 0. The Morgan fingerprint density at radius 3 is 2.11 bits per heavy atom. The zero-order valence-corrected chi connectivity index (χ0v) is 19.8. The van der Waals surface area contributed by atoms with E-state index in [1.54, 1.807) is 19.1 Å². The predicted octanol–water partition coefficient (Wildman–Crippen LogP) is 4.77. The fourth-order valence-electron chi connectivity index (χ4n) is 3.19. The van der Waals surface area contributed by atoms with E-state index in [1.165, 1.54) is 65.6 Å². The van der Waals surface area contributed by atoms with Crippen molar-refractivity contribution in [2.45, 2.75) is 6.92 Å². The molecular weight excluding hydrogens is 485 g/mol. The third kappa shape index (κ3) is 7.75. The lowest BCUT2D eigenvalue weighted by atomic mass is 10.2. The molecule has 0 unspecified atom stereocenters. The molecule has 37 heavy (non-hydrogen) atoms. The standard InChI is InChI=1S/C25H24FN5O6/c1-2-37-23(32)17-3-7-19(8-4-17)28-24(33)27-15-16-30(21-11-5-18(26)6-12-21)25(34)29-20-9-13-22(14-10-20)31(35)36/h3-14H,2,15-16H2,1H3,(H,29,34)(H2,27,28,33). The van der Waals surface area contributed by atoms with E-state index in [4.69, 9.17) is 4.74 Å². The van der Waals surface area contributed by atoms with Gasteiger partial charge in [0.05, 0.1) is 17.1 Å². The number of carbonyl (C=O) groups excluding carboxylic acids is 3. The molecule has 0 saturated heterocycles. The number of urea groups is 2. The van der Waals surface area contributed by atoms with Gasteiger partial charge in [0.2, 0.25) is 0 Å². The first kappa shape index (κ1) is 26.6. The number of nitrogens with one attached hydrogen (secondary N) is 3. The summed E-state index contributed by atoms with van der Waals surface area (Å²) in [5.41, 5.74) is 1.36. The summed E-state index contributed by atoms with van der Waals surface area (Å²) in [7, 11) is 0. The highest BCUT2D eigenvalue weighted by atomic mass is 19.1. The SMILES string of the molecule is CCOC(=O)c1ccc(NC(=O)NCCN(C(=O)Nc2ccc([N+](=O)[O-])cc2)c2ccc(F)cc2)cc1. The van der Waals surface area contributed by atoms with Crippen molar-refractivity contribution in [1.29, 1.82) is 0 Å². The van der Waals surface area contributed by atoms with Crippen molar-refractivity contribution in [3.63, 3.8) is 0 Å². The van der Waals surface area contributed by atoms with E-state index >= 15 is 0 Å². The molecule has 0 fully saturated rings. The van der Waals surface area contributed by atoms with Crippen LogP contribution in [0.15, 0.2) is 72.8 Å². The van der Waals surface area contributed by atoms with Crippen molar-refractivity contribution < 1.29 is 28.4 Å². The number of non-ortho nitro benzene ring substituents is 1. The van der Waals surface area contributed by atoms with Gasteiger partial charge >= 0.3 is 18.0 Å². The molecule has 192 valence electrons. The third-order valence-corrected chi connectivity index (χ3v) is 4.99. The summed E-state index contributed by atoms with van der Waals surface area (Å²) in [6, 6.07) is 15.5. The molecule has 4 amide bonds. The average Bonchev–Trinajstić information content (AvgIpc) is 2.88. The molecule has 0 spiro atoms. The van der Waals surface area contributed by atoms with E-state index in [0.29, 0.717) is 22.6 Å². The monoisotopic (exact) mass is 509 g/mol. The molecule has 0 bridgehead atoms. The van der Waals surface area contributed by atoms with Crippen molar-refractivity contribution in [3.8, 4) is 0 Å². The molecule has 3 aromatic rings. The van der Waals surface area contributed by atoms with E-state index < -0.39 is 28.8 Å². The van der Waals surface area contributed by atoms with E-state index in [1.807, 2.05) is 0 Å². The van der Waals surface area contributed by atoms with Crippen LogP contribution in [0.1, 0.15) is 17.3 Å². The van der Waals surface area contributed by atoms with Gasteiger partial charge in [0.15, 0.2) is 0 Å². The molecule has 3 aromatic carbocycles. The molecule has 0 aromatic heterocycles. The molecule has 11 nitrogen and oxygen atoms in total. The van der Waals surface area contributed by atoms with Gasteiger partial charge in [-0.05, 0) is 67.6 Å². The Kier molecular flexibility index (Phi) is 9.08. The highest BCUT2D eigenvalue weighted by Gasteiger charge is 2.17. The number of nitro groups is 1. The number of ether oxygens (including phenoxy) is 1. The Labute approximate surface area is 211 Å². The number of nitro benzene ring substituents is 1. The van der Waals surface area contributed by atoms with Gasteiger partial charge < -0.3 is 20.7 Å². The maximum absolute atomic E-state index is 13.4. The molecular formula is C25H24FN5O6. The van der Waals surface area contributed by atoms with Crippen LogP contribution in [0.2, 0.25) is 0 Å². The summed E-state index contributed by atoms with van der Waals surface area (Å²) in [6.45, 7) is 2.02. The quantitative estimate of drug-likeness (QED) is 0.215. The molecule has 0 saturated carbocycles. The lowest BCUT2D eigenvalue weighted by Crippen LogP contribution is -2.42. The highest BCUT2D eigenvalue weighted by Crippen LogP contribution is 2.19. The van der Waals surface area contributed by atoms with E-state index in [9.17, 15) is 28.9 Å². The van der Waals surface area contributed by atoms with Gasteiger partial charge in [-0.3, -0.25) is 15.0 Å². The second kappa shape index (κ2) is 12.6. The lowest BCUT2D eigenvalue weighted by molar-refractivity contribution is -0.384. The summed E-state index contributed by atoms with van der Waals surface area (Å²) >= 11 is 0. The smallest absolute Gasteiger partial charge is 0.338 e. The van der Waals surface area contributed by atoms with Crippen LogP contribution < -0.4 is 20.9 Å². The molecule has 0 aliphatic heterocycles. The Morgan fingerprint density at radius 1 is 0.919 bits per heavy atom. The first-order valence-corrected chi connectivity index (χ1v) is 11.2. The first-order chi connectivity index (χ1) is 17.8. The fourth-order valence-corrected chi connectivity index (χ4v) is 3.19. The van der Waals surface area contributed by atoms with Crippen molar-refractivity contribution in [3.05, 3.63) is 94.3 Å². The predicted molar refractivity (Wildman–Crippen MR) is 135 cm³/mol. The number of anilines is 3. The van der Waals surface area contributed by atoms with E-state index in [-0.39, 0.29) is 25.4 Å².